The molecule has 1 atom stereocenters. The normalized spacial score (nSPS) is 17.4. The van der Waals surface area contributed by atoms with Crippen LogP contribution in [0.2, 0.25) is 0 Å². The van der Waals surface area contributed by atoms with Gasteiger partial charge in [0.2, 0.25) is 5.96 Å². The van der Waals surface area contributed by atoms with Crippen LogP contribution in [-0.2, 0) is 6.42 Å². The smallest absolute Gasteiger partial charge is 0.209 e. The highest BCUT2D eigenvalue weighted by Gasteiger charge is 2.30. The molecule has 2 aromatic carbocycles. The lowest BCUT2D eigenvalue weighted by molar-refractivity contribution is 0.436. The third-order valence-electron chi connectivity index (χ3n) is 3.79. The second kappa shape index (κ2) is 5.89. The van der Waals surface area contributed by atoms with E-state index in [2.05, 4.69) is 17.2 Å². The van der Waals surface area contributed by atoms with Crippen LogP contribution in [0.1, 0.15) is 11.1 Å². The fourth-order valence-corrected chi connectivity index (χ4v) is 2.72. The summed E-state index contributed by atoms with van der Waals surface area (Å²) in [5, 5.41) is 23.6. The van der Waals surface area contributed by atoms with Crippen LogP contribution < -0.4 is 5.73 Å². The predicted molar refractivity (Wildman–Crippen MR) is 86.9 cm³/mol. The summed E-state index contributed by atoms with van der Waals surface area (Å²) in [5.41, 5.74) is 8.24. The maximum Gasteiger partial charge on any atom is 0.209 e. The molecule has 0 saturated carbocycles. The first-order chi connectivity index (χ1) is 10.6. The molecule has 0 radical (unpaired) electrons. The molecule has 0 amide bonds. The van der Waals surface area contributed by atoms with Gasteiger partial charge in [-0.2, -0.15) is 5.10 Å². The molecule has 1 aliphatic heterocycles. The van der Waals surface area contributed by atoms with E-state index in [9.17, 15) is 5.11 Å². The van der Waals surface area contributed by atoms with Crippen molar-refractivity contribution in [3.8, 4) is 5.75 Å². The monoisotopic (exact) mass is 294 g/mol. The van der Waals surface area contributed by atoms with E-state index in [1.165, 1.54) is 10.6 Å². The van der Waals surface area contributed by atoms with Gasteiger partial charge >= 0.3 is 0 Å². The minimum absolute atomic E-state index is 0.0801. The van der Waals surface area contributed by atoms with Crippen LogP contribution >= 0.6 is 0 Å². The molecule has 0 aliphatic carbocycles. The first-order valence-electron chi connectivity index (χ1n) is 7.17. The summed E-state index contributed by atoms with van der Waals surface area (Å²) >= 11 is 0. The summed E-state index contributed by atoms with van der Waals surface area (Å²) in [7, 11) is 0. The average molecular weight is 294 g/mol. The number of para-hydroxylation sites is 1. The van der Waals surface area contributed by atoms with Gasteiger partial charge in [-0.25, -0.2) is 5.01 Å². The number of phenolic OH excluding ortho intramolecular Hbond substituents is 1. The van der Waals surface area contributed by atoms with Crippen LogP contribution in [0.5, 0.6) is 5.75 Å². The van der Waals surface area contributed by atoms with Crippen molar-refractivity contribution >= 4 is 11.7 Å². The van der Waals surface area contributed by atoms with Crippen molar-refractivity contribution < 1.29 is 5.11 Å². The summed E-state index contributed by atoms with van der Waals surface area (Å²) < 4.78 is 0. The van der Waals surface area contributed by atoms with Gasteiger partial charge in [0.15, 0.2) is 0 Å². The van der Waals surface area contributed by atoms with Crippen LogP contribution in [0.3, 0.4) is 0 Å². The van der Waals surface area contributed by atoms with Crippen molar-refractivity contribution in [3.63, 3.8) is 0 Å². The van der Waals surface area contributed by atoms with Crippen LogP contribution in [0, 0.1) is 11.3 Å². The molecule has 5 nitrogen and oxygen atoms in total. The van der Waals surface area contributed by atoms with E-state index in [1.807, 2.05) is 30.3 Å². The molecule has 112 valence electrons. The highest BCUT2D eigenvalue weighted by atomic mass is 16.3. The maximum atomic E-state index is 10.1. The second-order valence-electron chi connectivity index (χ2n) is 5.36. The lowest BCUT2D eigenvalue weighted by atomic mass is 9.91. The molecule has 0 fully saturated rings. The molecular weight excluding hydrogens is 276 g/mol. The zero-order valence-corrected chi connectivity index (χ0v) is 12.1. The molecule has 5 heteroatoms. The SMILES string of the molecule is N=C(N)N1CC(Cc2ccccc2)C(c2ccccc2O)=N1. The Kier molecular flexibility index (Phi) is 3.78. The predicted octanol–water partition coefficient (Wildman–Crippen LogP) is 2.16. The Morgan fingerprint density at radius 2 is 1.86 bits per heavy atom. The summed E-state index contributed by atoms with van der Waals surface area (Å²) in [6.45, 7) is 0.549. The lowest BCUT2D eigenvalue weighted by Crippen LogP contribution is -2.32. The number of hydrogen-bond acceptors (Lipinski definition) is 3. The van der Waals surface area contributed by atoms with Gasteiger partial charge in [-0.15, -0.1) is 0 Å². The van der Waals surface area contributed by atoms with E-state index >= 15 is 0 Å². The zero-order chi connectivity index (χ0) is 15.5. The molecule has 2 aromatic rings. The summed E-state index contributed by atoms with van der Waals surface area (Å²) in [5.74, 6) is 0.202. The number of nitrogens with two attached hydrogens (primary N) is 1. The van der Waals surface area contributed by atoms with E-state index < -0.39 is 0 Å². The average Bonchev–Trinajstić information content (AvgIpc) is 2.93. The molecule has 4 N–H and O–H groups in total. The van der Waals surface area contributed by atoms with Gasteiger partial charge < -0.3 is 10.8 Å². The highest BCUT2D eigenvalue weighted by Crippen LogP contribution is 2.27. The number of hydrazone groups is 1. The Morgan fingerprint density at radius 3 is 2.55 bits per heavy atom. The first kappa shape index (κ1) is 14.1. The lowest BCUT2D eigenvalue weighted by Gasteiger charge is -2.15. The highest BCUT2D eigenvalue weighted by molar-refractivity contribution is 6.06. The Hall–Kier alpha value is -2.82. The third kappa shape index (κ3) is 2.79. The van der Waals surface area contributed by atoms with Gasteiger partial charge in [0, 0.05) is 11.5 Å². The van der Waals surface area contributed by atoms with Gasteiger partial charge in [0.05, 0.1) is 12.3 Å². The number of guanidine groups is 1. The molecule has 0 bridgehead atoms. The van der Waals surface area contributed by atoms with Crippen LogP contribution in [-0.4, -0.2) is 28.3 Å². The largest absolute Gasteiger partial charge is 0.507 e. The molecule has 1 unspecified atom stereocenters. The standard InChI is InChI=1S/C17H18N4O/c18-17(19)21-11-13(10-12-6-2-1-3-7-12)16(20-21)14-8-4-5-9-15(14)22/h1-9,13,22H,10-11H2,(H3,18,19). The van der Waals surface area contributed by atoms with E-state index in [-0.39, 0.29) is 17.6 Å². The number of aromatic hydroxyl groups is 1. The van der Waals surface area contributed by atoms with Crippen molar-refractivity contribution in [2.75, 3.05) is 6.54 Å². The summed E-state index contributed by atoms with van der Waals surface area (Å²) in [6.07, 6.45) is 0.789. The van der Waals surface area contributed by atoms with E-state index in [1.54, 1.807) is 12.1 Å². The molecule has 0 spiro atoms. The Morgan fingerprint density at radius 1 is 1.18 bits per heavy atom. The molecular formula is C17H18N4O. The first-order valence-corrected chi connectivity index (χ1v) is 7.17. The third-order valence-corrected chi connectivity index (χ3v) is 3.79. The fraction of sp³-hybridized carbons (Fsp3) is 0.176. The number of rotatable bonds is 3. The number of benzene rings is 2. The Balaban J connectivity index is 1.93. The minimum Gasteiger partial charge on any atom is -0.507 e. The molecule has 0 aromatic heterocycles. The van der Waals surface area contributed by atoms with E-state index in [0.717, 1.165) is 12.1 Å². The van der Waals surface area contributed by atoms with Crippen molar-refractivity contribution in [3.05, 3.63) is 65.7 Å². The summed E-state index contributed by atoms with van der Waals surface area (Å²) in [4.78, 5) is 0. The topological polar surface area (TPSA) is 85.7 Å². The molecule has 22 heavy (non-hydrogen) atoms. The number of phenols is 1. The van der Waals surface area contributed by atoms with E-state index in [4.69, 9.17) is 11.1 Å². The maximum absolute atomic E-state index is 10.1. The number of nitrogens with one attached hydrogen (secondary N) is 1. The van der Waals surface area contributed by atoms with Crippen molar-refractivity contribution in [2.45, 2.75) is 6.42 Å². The molecule has 0 saturated heterocycles. The summed E-state index contributed by atoms with van der Waals surface area (Å²) in [6, 6.07) is 17.3. The van der Waals surface area contributed by atoms with Crippen molar-refractivity contribution in [1.29, 1.82) is 5.41 Å². The van der Waals surface area contributed by atoms with Crippen LogP contribution in [0.25, 0.3) is 0 Å². The zero-order valence-electron chi connectivity index (χ0n) is 12.1. The Labute approximate surface area is 129 Å². The van der Waals surface area contributed by atoms with Gasteiger partial charge in [-0.3, -0.25) is 5.41 Å². The van der Waals surface area contributed by atoms with Gasteiger partial charge in [0.1, 0.15) is 5.75 Å². The fourth-order valence-electron chi connectivity index (χ4n) is 2.72. The van der Waals surface area contributed by atoms with Gasteiger partial charge in [0.25, 0.3) is 0 Å². The second-order valence-corrected chi connectivity index (χ2v) is 5.36. The van der Waals surface area contributed by atoms with Crippen LogP contribution in [0.15, 0.2) is 59.7 Å². The molecule has 3 rings (SSSR count). The quantitative estimate of drug-likeness (QED) is 0.599. The number of nitrogens with zero attached hydrogens (tertiary/aromatic N) is 2. The number of hydrogen-bond donors (Lipinski definition) is 3. The van der Waals surface area contributed by atoms with Gasteiger partial charge in [-0.1, -0.05) is 42.5 Å². The van der Waals surface area contributed by atoms with Crippen molar-refractivity contribution in [1.82, 2.24) is 5.01 Å². The van der Waals surface area contributed by atoms with Gasteiger partial charge in [-0.05, 0) is 24.1 Å². The Bertz CT molecular complexity index is 712. The minimum atomic E-state index is -0.0801. The molecule has 1 aliphatic rings. The molecule has 1 heterocycles. The van der Waals surface area contributed by atoms with Crippen molar-refractivity contribution in [2.24, 2.45) is 16.8 Å². The van der Waals surface area contributed by atoms with Crippen LogP contribution in [0.4, 0.5) is 0 Å². The van der Waals surface area contributed by atoms with E-state index in [0.29, 0.717) is 12.1 Å².